The molecule has 0 aromatic heterocycles. The van der Waals surface area contributed by atoms with Gasteiger partial charge in [0.25, 0.3) is 0 Å². The number of hydrogen-bond donors (Lipinski definition) is 0. The SMILES string of the molecule is CCC(C)C(=O)c1ccc(Br)cc1F. The fourth-order valence-corrected chi connectivity index (χ4v) is 1.47. The minimum Gasteiger partial charge on any atom is -0.294 e. The lowest BCUT2D eigenvalue weighted by Gasteiger charge is -2.08. The van der Waals surface area contributed by atoms with Crippen molar-refractivity contribution < 1.29 is 9.18 Å². The number of halogens is 2. The maximum absolute atomic E-state index is 13.3. The molecule has 0 saturated heterocycles. The largest absolute Gasteiger partial charge is 0.294 e. The summed E-state index contributed by atoms with van der Waals surface area (Å²) in [7, 11) is 0. The fourth-order valence-electron chi connectivity index (χ4n) is 1.14. The van der Waals surface area contributed by atoms with Gasteiger partial charge in [0.05, 0.1) is 5.56 Å². The van der Waals surface area contributed by atoms with Crippen molar-refractivity contribution in [3.63, 3.8) is 0 Å². The van der Waals surface area contributed by atoms with E-state index >= 15 is 0 Å². The molecule has 1 atom stereocenters. The second-order valence-electron chi connectivity index (χ2n) is 3.30. The highest BCUT2D eigenvalue weighted by atomic mass is 79.9. The van der Waals surface area contributed by atoms with Crippen molar-refractivity contribution in [2.75, 3.05) is 0 Å². The number of hydrogen-bond acceptors (Lipinski definition) is 1. The number of benzene rings is 1. The Labute approximate surface area is 91.5 Å². The molecule has 14 heavy (non-hydrogen) atoms. The van der Waals surface area contributed by atoms with Gasteiger partial charge in [0.2, 0.25) is 0 Å². The molecule has 0 heterocycles. The van der Waals surface area contributed by atoms with Crippen molar-refractivity contribution in [2.45, 2.75) is 20.3 Å². The van der Waals surface area contributed by atoms with Gasteiger partial charge in [-0.15, -0.1) is 0 Å². The third-order valence-electron chi connectivity index (χ3n) is 2.26. The molecule has 0 fully saturated rings. The highest BCUT2D eigenvalue weighted by Crippen LogP contribution is 2.19. The molecule has 0 bridgehead atoms. The third-order valence-corrected chi connectivity index (χ3v) is 2.75. The first-order valence-electron chi connectivity index (χ1n) is 4.55. The quantitative estimate of drug-likeness (QED) is 0.754. The van der Waals surface area contributed by atoms with E-state index in [2.05, 4.69) is 15.9 Å². The van der Waals surface area contributed by atoms with Crippen LogP contribution in [0.15, 0.2) is 22.7 Å². The molecule has 1 aromatic carbocycles. The number of carbonyl (C=O) groups is 1. The monoisotopic (exact) mass is 258 g/mol. The predicted molar refractivity (Wildman–Crippen MR) is 57.9 cm³/mol. The van der Waals surface area contributed by atoms with Gasteiger partial charge < -0.3 is 0 Å². The zero-order valence-electron chi connectivity index (χ0n) is 8.18. The minimum absolute atomic E-state index is 0.120. The summed E-state index contributed by atoms with van der Waals surface area (Å²) in [5.74, 6) is -0.701. The zero-order chi connectivity index (χ0) is 10.7. The van der Waals surface area contributed by atoms with Crippen LogP contribution in [-0.4, -0.2) is 5.78 Å². The first kappa shape index (κ1) is 11.4. The molecular formula is C11H12BrFO. The topological polar surface area (TPSA) is 17.1 Å². The smallest absolute Gasteiger partial charge is 0.168 e. The fraction of sp³-hybridized carbons (Fsp3) is 0.364. The first-order chi connectivity index (χ1) is 6.56. The lowest BCUT2D eigenvalue weighted by atomic mass is 9.97. The average molecular weight is 259 g/mol. The Morgan fingerprint density at radius 1 is 1.57 bits per heavy atom. The van der Waals surface area contributed by atoms with Crippen LogP contribution in [0.5, 0.6) is 0 Å². The second kappa shape index (κ2) is 4.69. The first-order valence-corrected chi connectivity index (χ1v) is 5.34. The Balaban J connectivity index is 3.02. The molecule has 0 spiro atoms. The van der Waals surface area contributed by atoms with E-state index in [4.69, 9.17) is 0 Å². The number of ketones is 1. The van der Waals surface area contributed by atoms with Crippen LogP contribution in [0.1, 0.15) is 30.6 Å². The normalized spacial score (nSPS) is 12.6. The molecule has 0 aliphatic rings. The van der Waals surface area contributed by atoms with Gasteiger partial charge in [0.15, 0.2) is 5.78 Å². The van der Waals surface area contributed by atoms with Crippen molar-refractivity contribution >= 4 is 21.7 Å². The molecule has 0 aliphatic heterocycles. The summed E-state index contributed by atoms with van der Waals surface area (Å²) in [4.78, 5) is 11.7. The molecule has 1 nitrogen and oxygen atoms in total. The lowest BCUT2D eigenvalue weighted by Crippen LogP contribution is -2.11. The van der Waals surface area contributed by atoms with E-state index in [-0.39, 0.29) is 17.3 Å². The van der Waals surface area contributed by atoms with Crippen LogP contribution < -0.4 is 0 Å². The summed E-state index contributed by atoms with van der Waals surface area (Å²) in [5, 5.41) is 0. The number of Topliss-reactive ketones (excluding diaryl/α,β-unsaturated/α-hetero) is 1. The van der Waals surface area contributed by atoms with Gasteiger partial charge >= 0.3 is 0 Å². The van der Waals surface area contributed by atoms with Crippen molar-refractivity contribution in [1.82, 2.24) is 0 Å². The van der Waals surface area contributed by atoms with Crippen LogP contribution in [0.2, 0.25) is 0 Å². The van der Waals surface area contributed by atoms with Crippen molar-refractivity contribution in [3.05, 3.63) is 34.1 Å². The summed E-state index contributed by atoms with van der Waals surface area (Å²) in [5.41, 5.74) is 0.183. The van der Waals surface area contributed by atoms with E-state index in [0.29, 0.717) is 4.47 Å². The zero-order valence-corrected chi connectivity index (χ0v) is 9.77. The van der Waals surface area contributed by atoms with Crippen LogP contribution in [0, 0.1) is 11.7 Å². The predicted octanol–water partition coefficient (Wildman–Crippen LogP) is 3.82. The second-order valence-corrected chi connectivity index (χ2v) is 4.21. The molecule has 0 N–H and O–H groups in total. The average Bonchev–Trinajstić information content (AvgIpc) is 2.15. The van der Waals surface area contributed by atoms with E-state index in [1.807, 2.05) is 13.8 Å². The molecular weight excluding hydrogens is 247 g/mol. The summed E-state index contributed by atoms with van der Waals surface area (Å²) < 4.78 is 14.0. The number of carbonyl (C=O) groups excluding carboxylic acids is 1. The molecule has 1 rings (SSSR count). The van der Waals surface area contributed by atoms with E-state index in [1.165, 1.54) is 12.1 Å². The molecule has 3 heteroatoms. The van der Waals surface area contributed by atoms with Gasteiger partial charge in [-0.3, -0.25) is 4.79 Å². The third kappa shape index (κ3) is 2.41. The van der Waals surface area contributed by atoms with Crippen molar-refractivity contribution in [1.29, 1.82) is 0 Å². The van der Waals surface area contributed by atoms with Crippen LogP contribution in [0.4, 0.5) is 4.39 Å². The Bertz CT molecular complexity index is 349. The highest BCUT2D eigenvalue weighted by Gasteiger charge is 2.16. The molecule has 0 radical (unpaired) electrons. The van der Waals surface area contributed by atoms with Gasteiger partial charge in [-0.05, 0) is 24.6 Å². The van der Waals surface area contributed by atoms with Gasteiger partial charge in [0.1, 0.15) is 5.82 Å². The standard InChI is InChI=1S/C11H12BrFO/c1-3-7(2)11(14)9-5-4-8(12)6-10(9)13/h4-7H,3H2,1-2H3. The molecule has 0 saturated carbocycles. The Morgan fingerprint density at radius 2 is 2.21 bits per heavy atom. The van der Waals surface area contributed by atoms with Crippen LogP contribution in [0.3, 0.4) is 0 Å². The maximum Gasteiger partial charge on any atom is 0.168 e. The molecule has 0 amide bonds. The van der Waals surface area contributed by atoms with E-state index in [0.717, 1.165) is 6.42 Å². The minimum atomic E-state index is -0.454. The Kier molecular flexibility index (Phi) is 3.81. The summed E-state index contributed by atoms with van der Waals surface area (Å²) >= 11 is 3.15. The van der Waals surface area contributed by atoms with Gasteiger partial charge in [0, 0.05) is 10.4 Å². The molecule has 1 unspecified atom stereocenters. The Hall–Kier alpha value is -0.700. The van der Waals surface area contributed by atoms with Gasteiger partial charge in [-0.1, -0.05) is 29.8 Å². The van der Waals surface area contributed by atoms with Crippen molar-refractivity contribution in [3.8, 4) is 0 Å². The van der Waals surface area contributed by atoms with Crippen LogP contribution >= 0.6 is 15.9 Å². The van der Waals surface area contributed by atoms with Gasteiger partial charge in [-0.2, -0.15) is 0 Å². The summed E-state index contributed by atoms with van der Waals surface area (Å²) in [6.07, 6.45) is 0.730. The lowest BCUT2D eigenvalue weighted by molar-refractivity contribution is 0.0923. The number of rotatable bonds is 3. The maximum atomic E-state index is 13.3. The summed E-state index contributed by atoms with van der Waals surface area (Å²) in [6, 6.07) is 4.52. The molecule has 76 valence electrons. The van der Waals surface area contributed by atoms with Gasteiger partial charge in [-0.25, -0.2) is 4.39 Å². The van der Waals surface area contributed by atoms with E-state index < -0.39 is 5.82 Å². The van der Waals surface area contributed by atoms with Crippen molar-refractivity contribution in [2.24, 2.45) is 5.92 Å². The Morgan fingerprint density at radius 3 is 2.71 bits per heavy atom. The highest BCUT2D eigenvalue weighted by molar-refractivity contribution is 9.10. The molecule has 0 aliphatic carbocycles. The van der Waals surface area contributed by atoms with Crippen LogP contribution in [-0.2, 0) is 0 Å². The van der Waals surface area contributed by atoms with Crippen LogP contribution in [0.25, 0.3) is 0 Å². The summed E-state index contributed by atoms with van der Waals surface area (Å²) in [6.45, 7) is 3.73. The molecule has 1 aromatic rings. The van der Waals surface area contributed by atoms with E-state index in [1.54, 1.807) is 6.07 Å². The van der Waals surface area contributed by atoms with E-state index in [9.17, 15) is 9.18 Å².